The Labute approximate surface area is 221 Å². The molecule has 7 heteroatoms. The van der Waals surface area contributed by atoms with E-state index in [1.54, 1.807) is 0 Å². The van der Waals surface area contributed by atoms with E-state index in [4.69, 9.17) is 10.5 Å². The molecule has 2 atom stereocenters. The van der Waals surface area contributed by atoms with Crippen LogP contribution in [0.4, 0.5) is 4.79 Å². The highest BCUT2D eigenvalue weighted by Gasteiger charge is 2.37. The number of nitrogens with one attached hydrogen (secondary N) is 1. The molecule has 0 aliphatic carbocycles. The molecule has 3 amide bonds. The van der Waals surface area contributed by atoms with E-state index in [-0.39, 0.29) is 19.6 Å². The Morgan fingerprint density at radius 1 is 0.842 bits per heavy atom. The lowest BCUT2D eigenvalue weighted by molar-refractivity contribution is -0.131. The number of hydrogen-bond acceptors (Lipinski definition) is 4. The molecular weight excluding hydrogens is 478 g/mol. The van der Waals surface area contributed by atoms with E-state index in [1.165, 1.54) is 4.90 Å². The molecule has 1 heterocycles. The number of carbonyl (C=O) groups excluding carboxylic acids is 3. The minimum Gasteiger partial charge on any atom is -0.445 e. The Hall–Kier alpha value is -4.65. The van der Waals surface area contributed by atoms with E-state index in [0.717, 1.165) is 33.0 Å². The van der Waals surface area contributed by atoms with Crippen molar-refractivity contribution in [2.24, 2.45) is 5.73 Å². The smallest absolute Gasteiger partial charge is 0.411 e. The lowest BCUT2D eigenvalue weighted by Gasteiger charge is -2.35. The molecule has 0 fully saturated rings. The van der Waals surface area contributed by atoms with Gasteiger partial charge in [-0.05, 0) is 33.0 Å². The number of primary amides is 1. The molecule has 0 unspecified atom stereocenters. The molecule has 0 saturated carbocycles. The number of nitrogens with zero attached hydrogens (tertiary/aromatic N) is 1. The average molecular weight is 508 g/mol. The summed E-state index contributed by atoms with van der Waals surface area (Å²) < 4.78 is 5.57. The fourth-order valence-corrected chi connectivity index (χ4v) is 4.84. The average Bonchev–Trinajstić information content (AvgIpc) is 2.95. The first-order chi connectivity index (χ1) is 18.5. The van der Waals surface area contributed by atoms with Crippen molar-refractivity contribution < 1.29 is 19.1 Å². The third-order valence-corrected chi connectivity index (χ3v) is 6.90. The molecule has 192 valence electrons. The van der Waals surface area contributed by atoms with Crippen molar-refractivity contribution in [1.82, 2.24) is 10.2 Å². The topological polar surface area (TPSA) is 102 Å². The maximum atomic E-state index is 13.5. The van der Waals surface area contributed by atoms with Crippen LogP contribution in [-0.4, -0.2) is 34.9 Å². The highest BCUT2D eigenvalue weighted by molar-refractivity contribution is 5.91. The molecule has 38 heavy (non-hydrogen) atoms. The van der Waals surface area contributed by atoms with Gasteiger partial charge in [-0.25, -0.2) is 4.79 Å². The maximum Gasteiger partial charge on any atom is 0.411 e. The number of amides is 3. The number of ether oxygens (including phenoxy) is 1. The summed E-state index contributed by atoms with van der Waals surface area (Å²) in [4.78, 5) is 40.5. The quantitative estimate of drug-likeness (QED) is 0.393. The van der Waals surface area contributed by atoms with Gasteiger partial charge in [-0.2, -0.15) is 0 Å². The first-order valence-electron chi connectivity index (χ1n) is 12.6. The summed E-state index contributed by atoms with van der Waals surface area (Å²) in [5.41, 5.74) is 9.36. The Balaban J connectivity index is 1.34. The molecule has 0 bridgehead atoms. The van der Waals surface area contributed by atoms with Gasteiger partial charge in [0.2, 0.25) is 11.8 Å². The SMILES string of the molecule is NC(=O)[C@@H](Cc1ccc2ccccc2c1)NC(=O)[C@@H]1Cc2ccccc2CN1C(=O)OCc1ccccc1. The third kappa shape index (κ3) is 5.67. The number of hydrogen-bond donors (Lipinski definition) is 2. The summed E-state index contributed by atoms with van der Waals surface area (Å²) in [6.45, 7) is 0.325. The van der Waals surface area contributed by atoms with E-state index in [2.05, 4.69) is 5.32 Å². The lowest BCUT2D eigenvalue weighted by Crippen LogP contribution is -2.56. The van der Waals surface area contributed by atoms with Gasteiger partial charge in [-0.3, -0.25) is 14.5 Å². The molecule has 7 nitrogen and oxygen atoms in total. The first kappa shape index (κ1) is 25.0. The van der Waals surface area contributed by atoms with Crippen molar-refractivity contribution in [2.45, 2.75) is 38.1 Å². The standard InChI is InChI=1S/C31H29N3O4/c32-29(35)27(17-22-14-15-23-10-4-5-11-24(23)16-22)33-30(36)28-18-25-12-6-7-13-26(25)19-34(28)31(37)38-20-21-8-2-1-3-9-21/h1-16,27-28H,17-20H2,(H2,32,35)(H,33,36)/t27-,28+/m1/s1. The third-order valence-electron chi connectivity index (χ3n) is 6.90. The van der Waals surface area contributed by atoms with Gasteiger partial charge in [0.25, 0.3) is 0 Å². The van der Waals surface area contributed by atoms with Crippen LogP contribution in [0.15, 0.2) is 97.1 Å². The minimum absolute atomic E-state index is 0.0953. The van der Waals surface area contributed by atoms with Crippen molar-refractivity contribution >= 4 is 28.7 Å². The van der Waals surface area contributed by atoms with Crippen molar-refractivity contribution in [3.8, 4) is 0 Å². The Kier molecular flexibility index (Phi) is 7.35. The molecule has 0 radical (unpaired) electrons. The number of rotatable bonds is 7. The van der Waals surface area contributed by atoms with Gasteiger partial charge in [0.15, 0.2) is 0 Å². The number of nitrogens with two attached hydrogens (primary N) is 1. The Bertz CT molecular complexity index is 1470. The second-order valence-corrected chi connectivity index (χ2v) is 9.51. The largest absolute Gasteiger partial charge is 0.445 e. The number of fused-ring (bicyclic) bond motifs is 2. The molecule has 0 aromatic heterocycles. The van der Waals surface area contributed by atoms with Gasteiger partial charge in [-0.1, -0.05) is 97.1 Å². The fraction of sp³-hybridized carbons (Fsp3) is 0.194. The second-order valence-electron chi connectivity index (χ2n) is 9.51. The highest BCUT2D eigenvalue weighted by atomic mass is 16.6. The zero-order valence-electron chi connectivity index (χ0n) is 20.9. The maximum absolute atomic E-state index is 13.5. The van der Waals surface area contributed by atoms with Crippen LogP contribution in [0.5, 0.6) is 0 Å². The lowest BCUT2D eigenvalue weighted by atomic mass is 9.93. The molecule has 5 rings (SSSR count). The van der Waals surface area contributed by atoms with Crippen LogP contribution in [0.2, 0.25) is 0 Å². The van der Waals surface area contributed by atoms with Crippen LogP contribution in [0.1, 0.15) is 22.3 Å². The van der Waals surface area contributed by atoms with Crippen LogP contribution in [0.3, 0.4) is 0 Å². The van der Waals surface area contributed by atoms with Crippen LogP contribution in [0, 0.1) is 0 Å². The molecular formula is C31H29N3O4. The van der Waals surface area contributed by atoms with Gasteiger partial charge in [-0.15, -0.1) is 0 Å². The second kappa shape index (κ2) is 11.2. The van der Waals surface area contributed by atoms with E-state index in [0.29, 0.717) is 6.42 Å². The predicted molar refractivity (Wildman–Crippen MR) is 145 cm³/mol. The number of carbonyl (C=O) groups is 3. The molecule has 4 aromatic carbocycles. The Morgan fingerprint density at radius 2 is 1.53 bits per heavy atom. The number of benzene rings is 4. The van der Waals surface area contributed by atoms with Crippen LogP contribution < -0.4 is 11.1 Å². The van der Waals surface area contributed by atoms with E-state index in [9.17, 15) is 14.4 Å². The predicted octanol–water partition coefficient (Wildman–Crippen LogP) is 4.12. The summed E-state index contributed by atoms with van der Waals surface area (Å²) in [6, 6.07) is 29.1. The normalized spacial score (nSPS) is 15.4. The first-order valence-corrected chi connectivity index (χ1v) is 12.6. The summed E-state index contributed by atoms with van der Waals surface area (Å²) in [7, 11) is 0. The van der Waals surface area contributed by atoms with Gasteiger partial charge in [0, 0.05) is 12.8 Å². The van der Waals surface area contributed by atoms with Gasteiger partial charge in [0.05, 0.1) is 6.54 Å². The molecule has 4 aromatic rings. The van der Waals surface area contributed by atoms with Crippen molar-refractivity contribution in [2.75, 3.05) is 0 Å². The van der Waals surface area contributed by atoms with Gasteiger partial charge >= 0.3 is 6.09 Å². The van der Waals surface area contributed by atoms with Gasteiger partial charge in [0.1, 0.15) is 18.7 Å². The van der Waals surface area contributed by atoms with E-state index in [1.807, 2.05) is 97.1 Å². The molecule has 3 N–H and O–H groups in total. The molecule has 0 spiro atoms. The van der Waals surface area contributed by atoms with E-state index >= 15 is 0 Å². The fourth-order valence-electron chi connectivity index (χ4n) is 4.84. The zero-order chi connectivity index (χ0) is 26.5. The zero-order valence-corrected chi connectivity index (χ0v) is 20.9. The molecule has 1 aliphatic rings. The van der Waals surface area contributed by atoms with Crippen molar-refractivity contribution in [1.29, 1.82) is 0 Å². The minimum atomic E-state index is -0.928. The summed E-state index contributed by atoms with van der Waals surface area (Å²) in [6.07, 6.45) is -0.0361. The summed E-state index contributed by atoms with van der Waals surface area (Å²) in [5, 5.41) is 4.93. The summed E-state index contributed by atoms with van der Waals surface area (Å²) in [5.74, 6) is -1.08. The van der Waals surface area contributed by atoms with Crippen molar-refractivity contribution in [3.63, 3.8) is 0 Å². The van der Waals surface area contributed by atoms with Crippen LogP contribution in [0.25, 0.3) is 10.8 Å². The van der Waals surface area contributed by atoms with Gasteiger partial charge < -0.3 is 15.8 Å². The van der Waals surface area contributed by atoms with E-state index < -0.39 is 30.0 Å². The van der Waals surface area contributed by atoms with Crippen LogP contribution in [-0.2, 0) is 40.3 Å². The van der Waals surface area contributed by atoms with Crippen LogP contribution >= 0.6 is 0 Å². The summed E-state index contributed by atoms with van der Waals surface area (Å²) >= 11 is 0. The monoisotopic (exact) mass is 507 g/mol. The Morgan fingerprint density at radius 3 is 2.29 bits per heavy atom. The highest BCUT2D eigenvalue weighted by Crippen LogP contribution is 2.25. The van der Waals surface area contributed by atoms with Crippen molar-refractivity contribution in [3.05, 3.63) is 119 Å². The molecule has 0 saturated heterocycles. The molecule has 1 aliphatic heterocycles.